The van der Waals surface area contributed by atoms with Gasteiger partial charge in [0.2, 0.25) is 0 Å². The molecule has 14 heavy (non-hydrogen) atoms. The van der Waals surface area contributed by atoms with Gasteiger partial charge >= 0.3 is 7.12 Å². The Morgan fingerprint density at radius 2 is 2.29 bits per heavy atom. The van der Waals surface area contributed by atoms with Crippen molar-refractivity contribution in [2.45, 2.75) is 19.6 Å². The number of benzene rings is 1. The van der Waals surface area contributed by atoms with Gasteiger partial charge in [-0.15, -0.1) is 0 Å². The molecule has 0 aromatic heterocycles. The van der Waals surface area contributed by atoms with Gasteiger partial charge in [-0.05, 0) is 24.0 Å². The third-order valence-corrected chi connectivity index (χ3v) is 2.41. The fourth-order valence-electron chi connectivity index (χ4n) is 1.76. The summed E-state index contributed by atoms with van der Waals surface area (Å²) < 4.78 is 18.5. The zero-order valence-corrected chi connectivity index (χ0v) is 7.70. The maximum Gasteiger partial charge on any atom is 0.492 e. The second-order valence-electron chi connectivity index (χ2n) is 3.37. The Kier molecular flexibility index (Phi) is 2.30. The van der Waals surface area contributed by atoms with E-state index in [4.69, 9.17) is 9.76 Å². The lowest BCUT2D eigenvalue weighted by Gasteiger charge is -2.06. The van der Waals surface area contributed by atoms with E-state index in [1.165, 1.54) is 6.07 Å². The molecular formula is C9H10BFO3. The third kappa shape index (κ3) is 1.34. The fourth-order valence-corrected chi connectivity index (χ4v) is 1.76. The molecule has 0 saturated heterocycles. The highest BCUT2D eigenvalue weighted by Gasteiger charge is 2.35. The van der Waals surface area contributed by atoms with Crippen LogP contribution in [0, 0.1) is 5.82 Å². The van der Waals surface area contributed by atoms with Crippen molar-refractivity contribution in [2.75, 3.05) is 0 Å². The van der Waals surface area contributed by atoms with Crippen LogP contribution in [0.4, 0.5) is 4.39 Å². The van der Waals surface area contributed by atoms with Gasteiger partial charge < -0.3 is 14.8 Å². The first-order chi connectivity index (χ1) is 6.63. The Morgan fingerprint density at radius 1 is 1.57 bits per heavy atom. The highest BCUT2D eigenvalue weighted by atomic mass is 19.1. The normalized spacial score (nSPS) is 20.0. The highest BCUT2D eigenvalue weighted by Crippen LogP contribution is 2.25. The summed E-state index contributed by atoms with van der Waals surface area (Å²) >= 11 is 0. The molecule has 1 atom stereocenters. The third-order valence-electron chi connectivity index (χ3n) is 2.41. The summed E-state index contributed by atoms with van der Waals surface area (Å²) in [7, 11) is -1.08. The predicted octanol–water partition coefficient (Wildman–Crippen LogP) is 0.0967. The summed E-state index contributed by atoms with van der Waals surface area (Å²) in [5.41, 5.74) is 1.24. The molecule has 0 radical (unpaired) electrons. The molecule has 5 heteroatoms. The van der Waals surface area contributed by atoms with Gasteiger partial charge in [0.15, 0.2) is 0 Å². The van der Waals surface area contributed by atoms with Gasteiger partial charge in [-0.3, -0.25) is 0 Å². The first kappa shape index (κ1) is 9.64. The van der Waals surface area contributed by atoms with Crippen molar-refractivity contribution in [3.63, 3.8) is 0 Å². The molecule has 0 bridgehead atoms. The lowest BCUT2D eigenvalue weighted by Crippen LogP contribution is -2.28. The minimum atomic E-state index is -1.08. The monoisotopic (exact) mass is 196 g/mol. The molecule has 1 aliphatic rings. The zero-order valence-electron chi connectivity index (χ0n) is 7.70. The SMILES string of the molecule is CC1OB(O)c2cc(CO)cc(F)c21. The predicted molar refractivity (Wildman–Crippen MR) is 49.4 cm³/mol. The number of aliphatic hydroxyl groups excluding tert-OH is 1. The minimum Gasteiger partial charge on any atom is -0.423 e. The summed E-state index contributed by atoms with van der Waals surface area (Å²) in [5.74, 6) is -0.435. The smallest absolute Gasteiger partial charge is 0.423 e. The van der Waals surface area contributed by atoms with Crippen LogP contribution in [0.3, 0.4) is 0 Å². The van der Waals surface area contributed by atoms with Crippen molar-refractivity contribution in [3.8, 4) is 0 Å². The fraction of sp³-hybridized carbons (Fsp3) is 0.333. The molecule has 0 aliphatic carbocycles. The molecule has 0 fully saturated rings. The Balaban J connectivity index is 2.57. The molecule has 1 heterocycles. The van der Waals surface area contributed by atoms with E-state index < -0.39 is 19.0 Å². The summed E-state index contributed by atoms with van der Waals surface area (Å²) in [6.45, 7) is 1.43. The lowest BCUT2D eigenvalue weighted by atomic mass is 9.78. The second-order valence-corrected chi connectivity index (χ2v) is 3.37. The van der Waals surface area contributed by atoms with E-state index in [1.807, 2.05) is 0 Å². The molecule has 2 rings (SSSR count). The number of halogens is 1. The summed E-state index contributed by atoms with van der Waals surface area (Å²) in [6.07, 6.45) is -0.437. The Hall–Kier alpha value is -0.905. The van der Waals surface area contributed by atoms with E-state index in [1.54, 1.807) is 13.0 Å². The first-order valence-electron chi connectivity index (χ1n) is 4.40. The quantitative estimate of drug-likeness (QED) is 0.626. The Bertz CT molecular complexity index is 369. The summed E-state index contributed by atoms with van der Waals surface area (Å²) in [5, 5.41) is 18.3. The molecular weight excluding hydrogens is 186 g/mol. The number of aliphatic hydroxyl groups is 1. The van der Waals surface area contributed by atoms with Crippen molar-refractivity contribution in [1.82, 2.24) is 0 Å². The van der Waals surface area contributed by atoms with E-state index in [2.05, 4.69) is 0 Å². The first-order valence-corrected chi connectivity index (χ1v) is 4.40. The lowest BCUT2D eigenvalue weighted by molar-refractivity contribution is 0.205. The Morgan fingerprint density at radius 3 is 2.93 bits per heavy atom. The Labute approximate surface area is 81.3 Å². The average molecular weight is 196 g/mol. The summed E-state index contributed by atoms with van der Waals surface area (Å²) in [4.78, 5) is 0. The maximum atomic E-state index is 13.5. The van der Waals surface area contributed by atoms with Gasteiger partial charge in [0.1, 0.15) is 5.82 Å². The summed E-state index contributed by atoms with van der Waals surface area (Å²) in [6, 6.07) is 2.82. The van der Waals surface area contributed by atoms with E-state index in [9.17, 15) is 9.41 Å². The van der Waals surface area contributed by atoms with E-state index in [0.29, 0.717) is 16.6 Å². The van der Waals surface area contributed by atoms with Crippen LogP contribution in [0.15, 0.2) is 12.1 Å². The van der Waals surface area contributed by atoms with Crippen LogP contribution in [-0.2, 0) is 11.3 Å². The molecule has 0 amide bonds. The largest absolute Gasteiger partial charge is 0.492 e. The molecule has 1 aromatic rings. The van der Waals surface area contributed by atoms with E-state index in [-0.39, 0.29) is 6.61 Å². The van der Waals surface area contributed by atoms with E-state index in [0.717, 1.165) is 0 Å². The van der Waals surface area contributed by atoms with Crippen molar-refractivity contribution in [3.05, 3.63) is 29.1 Å². The van der Waals surface area contributed by atoms with Gasteiger partial charge in [0.25, 0.3) is 0 Å². The van der Waals surface area contributed by atoms with Crippen molar-refractivity contribution < 1.29 is 19.2 Å². The van der Waals surface area contributed by atoms with Crippen molar-refractivity contribution in [1.29, 1.82) is 0 Å². The van der Waals surface area contributed by atoms with Crippen LogP contribution >= 0.6 is 0 Å². The molecule has 2 N–H and O–H groups in total. The standard InChI is InChI=1S/C9H10BFO3/c1-5-9-7(10(13)14-5)2-6(4-12)3-8(9)11/h2-3,5,12-13H,4H2,1H3. The number of hydrogen-bond acceptors (Lipinski definition) is 3. The maximum absolute atomic E-state index is 13.5. The van der Waals surface area contributed by atoms with Crippen LogP contribution in [0.2, 0.25) is 0 Å². The zero-order chi connectivity index (χ0) is 10.3. The van der Waals surface area contributed by atoms with Crippen LogP contribution in [0.5, 0.6) is 0 Å². The van der Waals surface area contributed by atoms with Crippen molar-refractivity contribution >= 4 is 12.6 Å². The van der Waals surface area contributed by atoms with Crippen LogP contribution < -0.4 is 5.46 Å². The van der Waals surface area contributed by atoms with Gasteiger partial charge in [-0.1, -0.05) is 6.07 Å². The second kappa shape index (κ2) is 3.35. The molecule has 1 aromatic carbocycles. The topological polar surface area (TPSA) is 49.7 Å². The van der Waals surface area contributed by atoms with Gasteiger partial charge in [0.05, 0.1) is 12.7 Å². The molecule has 0 spiro atoms. The molecule has 1 aliphatic heterocycles. The van der Waals surface area contributed by atoms with Crippen LogP contribution in [0.25, 0.3) is 0 Å². The molecule has 0 saturated carbocycles. The highest BCUT2D eigenvalue weighted by molar-refractivity contribution is 6.61. The van der Waals surface area contributed by atoms with Crippen molar-refractivity contribution in [2.24, 2.45) is 0 Å². The molecule has 3 nitrogen and oxygen atoms in total. The number of rotatable bonds is 1. The van der Waals surface area contributed by atoms with Crippen LogP contribution in [0.1, 0.15) is 24.2 Å². The van der Waals surface area contributed by atoms with Gasteiger partial charge in [0, 0.05) is 5.56 Å². The van der Waals surface area contributed by atoms with E-state index >= 15 is 0 Å². The average Bonchev–Trinajstić information content (AvgIpc) is 2.42. The minimum absolute atomic E-state index is 0.245. The number of fused-ring (bicyclic) bond motifs is 1. The molecule has 74 valence electrons. The number of hydrogen-bond donors (Lipinski definition) is 2. The van der Waals surface area contributed by atoms with Crippen LogP contribution in [-0.4, -0.2) is 17.2 Å². The molecule has 1 unspecified atom stereocenters. The van der Waals surface area contributed by atoms with Gasteiger partial charge in [-0.25, -0.2) is 4.39 Å². The van der Waals surface area contributed by atoms with Gasteiger partial charge in [-0.2, -0.15) is 0 Å².